The standard InChI is InChI=1S/C18H25N3O2/c1-5-14-7-9-15(10-8-14)17(21(3)4)13-20-12-16(11-19)18(22)23-6-2/h7-10,12,16-17H,5-6,13H2,1-4H3/p+1/t16?,17-/m0/s1. The number of nitriles is 1. The largest absolute Gasteiger partial charge is 0.465 e. The molecule has 0 bridgehead atoms. The molecule has 0 saturated carbocycles. The van der Waals surface area contributed by atoms with Crippen molar-refractivity contribution >= 4 is 12.2 Å². The number of quaternary nitrogens is 1. The van der Waals surface area contributed by atoms with Crippen LogP contribution in [0.2, 0.25) is 0 Å². The van der Waals surface area contributed by atoms with Gasteiger partial charge in [0.1, 0.15) is 6.04 Å². The Morgan fingerprint density at radius 3 is 2.48 bits per heavy atom. The Kier molecular flexibility index (Phi) is 8.00. The first-order chi connectivity index (χ1) is 11.0. The molecule has 1 aromatic carbocycles. The summed E-state index contributed by atoms with van der Waals surface area (Å²) in [4.78, 5) is 17.1. The topological polar surface area (TPSA) is 66.9 Å². The molecule has 0 radical (unpaired) electrons. The SMILES string of the molecule is CCOC(=O)C(C#N)C=NC[C@@H](c1ccc(CC)cc1)[NH+](C)C. The zero-order valence-corrected chi connectivity index (χ0v) is 14.4. The number of rotatable bonds is 8. The second kappa shape index (κ2) is 9.75. The third kappa shape index (κ3) is 5.84. The number of nitrogens with zero attached hydrogens (tertiary/aromatic N) is 2. The summed E-state index contributed by atoms with van der Waals surface area (Å²) in [5.74, 6) is -1.48. The van der Waals surface area contributed by atoms with Crippen LogP contribution in [0, 0.1) is 17.2 Å². The molecule has 0 aliphatic heterocycles. The minimum absolute atomic E-state index is 0.179. The van der Waals surface area contributed by atoms with Crippen molar-refractivity contribution in [2.45, 2.75) is 26.3 Å². The fourth-order valence-corrected chi connectivity index (χ4v) is 2.26. The zero-order chi connectivity index (χ0) is 17.2. The smallest absolute Gasteiger partial charge is 0.328 e. The molecule has 0 aromatic heterocycles. The lowest BCUT2D eigenvalue weighted by Gasteiger charge is -2.20. The summed E-state index contributed by atoms with van der Waals surface area (Å²) in [6.07, 6.45) is 2.41. The van der Waals surface area contributed by atoms with Crippen LogP contribution in [0.3, 0.4) is 0 Å². The van der Waals surface area contributed by atoms with Crippen molar-refractivity contribution in [2.75, 3.05) is 27.2 Å². The van der Waals surface area contributed by atoms with Crippen molar-refractivity contribution in [1.82, 2.24) is 0 Å². The van der Waals surface area contributed by atoms with Crippen LogP contribution in [-0.2, 0) is 16.0 Å². The first-order valence-corrected chi connectivity index (χ1v) is 7.98. The molecule has 124 valence electrons. The molecular weight excluding hydrogens is 290 g/mol. The summed E-state index contributed by atoms with van der Waals surface area (Å²) < 4.78 is 4.85. The van der Waals surface area contributed by atoms with Crippen LogP contribution in [0.15, 0.2) is 29.3 Å². The summed E-state index contributed by atoms with van der Waals surface area (Å²) in [6.45, 7) is 4.63. The highest BCUT2D eigenvalue weighted by atomic mass is 16.5. The fraction of sp³-hybridized carbons (Fsp3) is 0.500. The Morgan fingerprint density at radius 1 is 1.35 bits per heavy atom. The number of ether oxygens (including phenoxy) is 1. The molecule has 0 fully saturated rings. The van der Waals surface area contributed by atoms with E-state index in [9.17, 15) is 4.79 Å². The van der Waals surface area contributed by atoms with E-state index in [0.29, 0.717) is 6.54 Å². The van der Waals surface area contributed by atoms with Crippen LogP contribution >= 0.6 is 0 Å². The van der Waals surface area contributed by atoms with E-state index < -0.39 is 11.9 Å². The van der Waals surface area contributed by atoms with Crippen molar-refractivity contribution in [3.05, 3.63) is 35.4 Å². The lowest BCUT2D eigenvalue weighted by molar-refractivity contribution is -0.890. The van der Waals surface area contributed by atoms with E-state index in [-0.39, 0.29) is 12.6 Å². The van der Waals surface area contributed by atoms with Gasteiger partial charge < -0.3 is 9.64 Å². The zero-order valence-electron chi connectivity index (χ0n) is 14.4. The molecule has 1 aromatic rings. The Hall–Kier alpha value is -2.19. The molecular formula is C18H26N3O2+. The van der Waals surface area contributed by atoms with Crippen LogP contribution in [0.4, 0.5) is 0 Å². The highest BCUT2D eigenvalue weighted by Gasteiger charge is 2.19. The predicted octanol–water partition coefficient (Wildman–Crippen LogP) is 1.21. The molecule has 1 unspecified atom stereocenters. The highest BCUT2D eigenvalue weighted by molar-refractivity contribution is 5.92. The van der Waals surface area contributed by atoms with Gasteiger partial charge in [-0.05, 0) is 18.9 Å². The highest BCUT2D eigenvalue weighted by Crippen LogP contribution is 2.12. The summed E-state index contributed by atoms with van der Waals surface area (Å²) in [6, 6.07) is 10.6. The van der Waals surface area contributed by atoms with Gasteiger partial charge in [-0.3, -0.25) is 9.79 Å². The molecule has 0 heterocycles. The lowest BCUT2D eigenvalue weighted by Crippen LogP contribution is -3.06. The van der Waals surface area contributed by atoms with Gasteiger partial charge in [0.2, 0.25) is 0 Å². The maximum absolute atomic E-state index is 11.6. The molecule has 23 heavy (non-hydrogen) atoms. The molecule has 0 amide bonds. The van der Waals surface area contributed by atoms with Gasteiger partial charge in [0, 0.05) is 11.8 Å². The normalized spacial score (nSPS) is 13.7. The van der Waals surface area contributed by atoms with Gasteiger partial charge in [0.25, 0.3) is 0 Å². The van der Waals surface area contributed by atoms with Crippen molar-refractivity contribution in [2.24, 2.45) is 10.9 Å². The molecule has 5 heteroatoms. The van der Waals surface area contributed by atoms with Crippen LogP contribution in [0.5, 0.6) is 0 Å². The molecule has 0 saturated heterocycles. The first kappa shape index (κ1) is 18.9. The van der Waals surface area contributed by atoms with E-state index in [4.69, 9.17) is 10.00 Å². The molecule has 0 aliphatic carbocycles. The van der Waals surface area contributed by atoms with E-state index in [1.807, 2.05) is 6.07 Å². The maximum Gasteiger partial charge on any atom is 0.328 e. The van der Waals surface area contributed by atoms with Crippen LogP contribution < -0.4 is 4.90 Å². The Bertz CT molecular complexity index is 559. The minimum atomic E-state index is -0.935. The molecule has 0 aliphatic rings. The molecule has 1 N–H and O–H groups in total. The van der Waals surface area contributed by atoms with Crippen molar-refractivity contribution in [3.8, 4) is 6.07 Å². The van der Waals surface area contributed by atoms with E-state index in [2.05, 4.69) is 50.3 Å². The Labute approximate surface area is 138 Å². The van der Waals surface area contributed by atoms with Gasteiger partial charge in [-0.25, -0.2) is 0 Å². The number of hydrogen-bond donors (Lipinski definition) is 1. The summed E-state index contributed by atoms with van der Waals surface area (Å²) >= 11 is 0. The number of benzene rings is 1. The van der Waals surface area contributed by atoms with E-state index >= 15 is 0 Å². The number of carbonyl (C=O) groups excluding carboxylic acids is 1. The number of esters is 1. The number of aryl methyl sites for hydroxylation is 1. The van der Waals surface area contributed by atoms with Crippen LogP contribution in [0.1, 0.15) is 31.0 Å². The van der Waals surface area contributed by atoms with Gasteiger partial charge in [-0.1, -0.05) is 31.2 Å². The van der Waals surface area contributed by atoms with Crippen LogP contribution in [0.25, 0.3) is 0 Å². The van der Waals surface area contributed by atoms with Gasteiger partial charge >= 0.3 is 5.97 Å². The molecule has 1 rings (SSSR count). The second-order valence-corrected chi connectivity index (χ2v) is 5.60. The van der Waals surface area contributed by atoms with Crippen molar-refractivity contribution in [3.63, 3.8) is 0 Å². The van der Waals surface area contributed by atoms with E-state index in [1.54, 1.807) is 6.92 Å². The first-order valence-electron chi connectivity index (χ1n) is 7.98. The molecule has 5 nitrogen and oxygen atoms in total. The number of aliphatic imine (C=N–C) groups is 1. The van der Waals surface area contributed by atoms with E-state index in [0.717, 1.165) is 6.42 Å². The predicted molar refractivity (Wildman–Crippen MR) is 90.5 cm³/mol. The average molecular weight is 316 g/mol. The number of carbonyl (C=O) groups is 1. The minimum Gasteiger partial charge on any atom is -0.465 e. The number of hydrogen-bond acceptors (Lipinski definition) is 4. The third-order valence-corrected chi connectivity index (χ3v) is 3.71. The lowest BCUT2D eigenvalue weighted by atomic mass is 10.0. The fourth-order valence-electron chi connectivity index (χ4n) is 2.26. The quantitative estimate of drug-likeness (QED) is 0.579. The summed E-state index contributed by atoms with van der Waals surface area (Å²) in [5.41, 5.74) is 2.50. The van der Waals surface area contributed by atoms with E-state index in [1.165, 1.54) is 22.2 Å². The molecule has 2 atom stereocenters. The van der Waals surface area contributed by atoms with Gasteiger partial charge in [-0.2, -0.15) is 5.26 Å². The molecule has 0 spiro atoms. The average Bonchev–Trinajstić information content (AvgIpc) is 2.55. The maximum atomic E-state index is 11.6. The van der Waals surface area contributed by atoms with Gasteiger partial charge in [0.05, 0.1) is 33.3 Å². The van der Waals surface area contributed by atoms with Crippen LogP contribution in [-0.4, -0.2) is 39.4 Å². The van der Waals surface area contributed by atoms with Crippen molar-refractivity contribution in [1.29, 1.82) is 5.26 Å². The Morgan fingerprint density at radius 2 is 2.00 bits per heavy atom. The van der Waals surface area contributed by atoms with Gasteiger partial charge in [0.15, 0.2) is 5.92 Å². The number of nitrogens with one attached hydrogen (secondary N) is 1. The Balaban J connectivity index is 2.78. The second-order valence-electron chi connectivity index (χ2n) is 5.60. The third-order valence-electron chi connectivity index (χ3n) is 3.71. The summed E-state index contributed by atoms with van der Waals surface area (Å²) in [7, 11) is 4.14. The monoisotopic (exact) mass is 316 g/mol. The number of likely N-dealkylation sites (N-methyl/N-ethyl adjacent to an activating group) is 1. The van der Waals surface area contributed by atoms with Crippen molar-refractivity contribution < 1.29 is 14.4 Å². The summed E-state index contributed by atoms with van der Waals surface area (Å²) in [5, 5.41) is 9.02. The van der Waals surface area contributed by atoms with Gasteiger partial charge in [-0.15, -0.1) is 0 Å².